The van der Waals surface area contributed by atoms with Crippen molar-refractivity contribution in [2.24, 2.45) is 5.73 Å². The van der Waals surface area contributed by atoms with Gasteiger partial charge in [-0.05, 0) is 35.9 Å². The molecular formula is C15H16BrNO2. The van der Waals surface area contributed by atoms with Crippen LogP contribution in [0.15, 0.2) is 46.9 Å². The van der Waals surface area contributed by atoms with Crippen molar-refractivity contribution in [3.05, 3.63) is 58.1 Å². The number of ether oxygens (including phenoxy) is 2. The van der Waals surface area contributed by atoms with Gasteiger partial charge in [-0.2, -0.15) is 0 Å². The first-order valence-electron chi connectivity index (χ1n) is 5.88. The van der Waals surface area contributed by atoms with E-state index in [0.29, 0.717) is 0 Å². The highest BCUT2D eigenvalue weighted by molar-refractivity contribution is 9.10. The zero-order valence-corrected chi connectivity index (χ0v) is 12.5. The van der Waals surface area contributed by atoms with Gasteiger partial charge in [-0.25, -0.2) is 0 Å². The molecule has 0 spiro atoms. The van der Waals surface area contributed by atoms with Crippen molar-refractivity contribution in [3.8, 4) is 11.5 Å². The van der Waals surface area contributed by atoms with Gasteiger partial charge in [0.25, 0.3) is 0 Å². The molecule has 1 unspecified atom stereocenters. The van der Waals surface area contributed by atoms with Crippen molar-refractivity contribution in [3.63, 3.8) is 0 Å². The van der Waals surface area contributed by atoms with Gasteiger partial charge in [-0.15, -0.1) is 0 Å². The van der Waals surface area contributed by atoms with Crippen LogP contribution >= 0.6 is 15.9 Å². The summed E-state index contributed by atoms with van der Waals surface area (Å²) in [5.41, 5.74) is 8.25. The standard InChI is InChI=1S/C15H16BrNO2/c1-18-12-6-7-14(19-2)13(9-12)15(17)10-4-3-5-11(16)8-10/h3-9,15H,17H2,1-2H3. The van der Waals surface area contributed by atoms with E-state index in [-0.39, 0.29) is 6.04 Å². The number of hydrogen-bond donors (Lipinski definition) is 1. The highest BCUT2D eigenvalue weighted by Gasteiger charge is 2.15. The van der Waals surface area contributed by atoms with Crippen molar-refractivity contribution in [1.82, 2.24) is 0 Å². The summed E-state index contributed by atoms with van der Waals surface area (Å²) in [4.78, 5) is 0. The van der Waals surface area contributed by atoms with Crippen LogP contribution in [0.3, 0.4) is 0 Å². The van der Waals surface area contributed by atoms with Crippen molar-refractivity contribution in [1.29, 1.82) is 0 Å². The molecule has 2 aromatic rings. The molecular weight excluding hydrogens is 306 g/mol. The lowest BCUT2D eigenvalue weighted by molar-refractivity contribution is 0.397. The van der Waals surface area contributed by atoms with Crippen LogP contribution in [0.4, 0.5) is 0 Å². The summed E-state index contributed by atoms with van der Waals surface area (Å²) in [5.74, 6) is 1.52. The van der Waals surface area contributed by atoms with Crippen LogP contribution in [-0.4, -0.2) is 14.2 Å². The topological polar surface area (TPSA) is 44.5 Å². The van der Waals surface area contributed by atoms with Gasteiger partial charge in [-0.1, -0.05) is 28.1 Å². The summed E-state index contributed by atoms with van der Waals surface area (Å²) in [6.45, 7) is 0. The predicted octanol–water partition coefficient (Wildman–Crippen LogP) is 3.51. The van der Waals surface area contributed by atoms with E-state index >= 15 is 0 Å². The molecule has 0 saturated carbocycles. The van der Waals surface area contributed by atoms with Crippen LogP contribution in [-0.2, 0) is 0 Å². The highest BCUT2D eigenvalue weighted by atomic mass is 79.9. The molecule has 2 rings (SSSR count). The molecule has 2 N–H and O–H groups in total. The van der Waals surface area contributed by atoms with Gasteiger partial charge < -0.3 is 15.2 Å². The van der Waals surface area contributed by atoms with Crippen molar-refractivity contribution >= 4 is 15.9 Å². The molecule has 4 heteroatoms. The van der Waals surface area contributed by atoms with E-state index in [1.807, 2.05) is 42.5 Å². The first kappa shape index (κ1) is 13.9. The quantitative estimate of drug-likeness (QED) is 0.937. The van der Waals surface area contributed by atoms with Gasteiger partial charge in [-0.3, -0.25) is 0 Å². The third kappa shape index (κ3) is 3.08. The van der Waals surface area contributed by atoms with Crippen LogP contribution in [0.2, 0.25) is 0 Å². The fourth-order valence-electron chi connectivity index (χ4n) is 1.96. The Morgan fingerprint density at radius 1 is 1.05 bits per heavy atom. The molecule has 0 aliphatic heterocycles. The van der Waals surface area contributed by atoms with E-state index in [0.717, 1.165) is 27.1 Å². The average molecular weight is 322 g/mol. The molecule has 19 heavy (non-hydrogen) atoms. The minimum absolute atomic E-state index is 0.262. The van der Waals surface area contributed by atoms with Gasteiger partial charge in [0.2, 0.25) is 0 Å². The first-order chi connectivity index (χ1) is 9.15. The fraction of sp³-hybridized carbons (Fsp3) is 0.200. The highest BCUT2D eigenvalue weighted by Crippen LogP contribution is 2.32. The average Bonchev–Trinajstić information content (AvgIpc) is 2.45. The molecule has 0 aromatic heterocycles. The molecule has 2 aromatic carbocycles. The Hall–Kier alpha value is -1.52. The van der Waals surface area contributed by atoms with Crippen molar-refractivity contribution in [2.75, 3.05) is 14.2 Å². The number of benzene rings is 2. The molecule has 0 aliphatic carbocycles. The van der Waals surface area contributed by atoms with Gasteiger partial charge in [0, 0.05) is 10.0 Å². The molecule has 100 valence electrons. The van der Waals surface area contributed by atoms with E-state index < -0.39 is 0 Å². The normalized spacial score (nSPS) is 12.0. The second-order valence-electron chi connectivity index (χ2n) is 4.14. The van der Waals surface area contributed by atoms with Crippen LogP contribution in [0, 0.1) is 0 Å². The summed E-state index contributed by atoms with van der Waals surface area (Å²) < 4.78 is 11.6. The maximum atomic E-state index is 6.33. The van der Waals surface area contributed by atoms with Crippen molar-refractivity contribution < 1.29 is 9.47 Å². The molecule has 0 fully saturated rings. The largest absolute Gasteiger partial charge is 0.497 e. The van der Waals surface area contributed by atoms with Crippen LogP contribution in [0.1, 0.15) is 17.2 Å². The number of hydrogen-bond acceptors (Lipinski definition) is 3. The second-order valence-corrected chi connectivity index (χ2v) is 5.06. The summed E-state index contributed by atoms with van der Waals surface area (Å²) in [5, 5.41) is 0. The Bertz CT molecular complexity index is 572. The molecule has 3 nitrogen and oxygen atoms in total. The zero-order valence-electron chi connectivity index (χ0n) is 10.9. The minimum atomic E-state index is -0.262. The smallest absolute Gasteiger partial charge is 0.124 e. The molecule has 0 saturated heterocycles. The van der Waals surface area contributed by atoms with E-state index in [1.165, 1.54) is 0 Å². The maximum absolute atomic E-state index is 6.33. The number of nitrogens with two attached hydrogens (primary N) is 1. The Morgan fingerprint density at radius 3 is 2.47 bits per heavy atom. The Labute approximate surface area is 121 Å². The minimum Gasteiger partial charge on any atom is -0.497 e. The maximum Gasteiger partial charge on any atom is 0.124 e. The lowest BCUT2D eigenvalue weighted by Gasteiger charge is -2.17. The lowest BCUT2D eigenvalue weighted by atomic mass is 9.98. The third-order valence-corrected chi connectivity index (χ3v) is 3.47. The Morgan fingerprint density at radius 2 is 1.84 bits per heavy atom. The van der Waals surface area contributed by atoms with E-state index in [1.54, 1.807) is 14.2 Å². The van der Waals surface area contributed by atoms with Crippen LogP contribution < -0.4 is 15.2 Å². The second kappa shape index (κ2) is 6.08. The lowest BCUT2D eigenvalue weighted by Crippen LogP contribution is -2.13. The van der Waals surface area contributed by atoms with Crippen LogP contribution in [0.25, 0.3) is 0 Å². The zero-order chi connectivity index (χ0) is 13.8. The first-order valence-corrected chi connectivity index (χ1v) is 6.68. The predicted molar refractivity (Wildman–Crippen MR) is 79.7 cm³/mol. The summed E-state index contributed by atoms with van der Waals surface area (Å²) in [6, 6.07) is 13.3. The molecule has 0 amide bonds. The molecule has 0 aliphatic rings. The summed E-state index contributed by atoms with van der Waals surface area (Å²) in [6.07, 6.45) is 0. The van der Waals surface area contributed by atoms with E-state index in [4.69, 9.17) is 15.2 Å². The van der Waals surface area contributed by atoms with Gasteiger partial charge >= 0.3 is 0 Å². The number of methoxy groups -OCH3 is 2. The fourth-order valence-corrected chi connectivity index (χ4v) is 2.38. The SMILES string of the molecule is COc1ccc(OC)c(C(N)c2cccc(Br)c2)c1. The monoisotopic (exact) mass is 321 g/mol. The Kier molecular flexibility index (Phi) is 4.45. The molecule has 0 heterocycles. The number of rotatable bonds is 4. The molecule has 1 atom stereocenters. The van der Waals surface area contributed by atoms with Gasteiger partial charge in [0.05, 0.1) is 20.3 Å². The molecule has 0 radical (unpaired) electrons. The summed E-state index contributed by atoms with van der Waals surface area (Å²) >= 11 is 3.46. The van der Waals surface area contributed by atoms with Gasteiger partial charge in [0.15, 0.2) is 0 Å². The number of halogens is 1. The summed E-state index contributed by atoms with van der Waals surface area (Å²) in [7, 11) is 3.27. The van der Waals surface area contributed by atoms with E-state index in [9.17, 15) is 0 Å². The van der Waals surface area contributed by atoms with Crippen molar-refractivity contribution in [2.45, 2.75) is 6.04 Å². The van der Waals surface area contributed by atoms with E-state index in [2.05, 4.69) is 15.9 Å². The van der Waals surface area contributed by atoms with Crippen LogP contribution in [0.5, 0.6) is 11.5 Å². The molecule has 0 bridgehead atoms. The Balaban J connectivity index is 2.44. The third-order valence-electron chi connectivity index (χ3n) is 2.98. The van der Waals surface area contributed by atoms with Gasteiger partial charge in [0.1, 0.15) is 11.5 Å².